The van der Waals surface area contributed by atoms with E-state index in [0.717, 1.165) is 0 Å². The van der Waals surface area contributed by atoms with Gasteiger partial charge in [-0.05, 0) is 19.4 Å². The van der Waals surface area contributed by atoms with Crippen LogP contribution in [0.4, 0.5) is 11.5 Å². The molecule has 0 saturated carbocycles. The van der Waals surface area contributed by atoms with Gasteiger partial charge in [-0.1, -0.05) is 6.92 Å². The van der Waals surface area contributed by atoms with Crippen molar-refractivity contribution in [3.05, 3.63) is 28.4 Å². The van der Waals surface area contributed by atoms with Crippen molar-refractivity contribution in [1.82, 2.24) is 4.98 Å². The summed E-state index contributed by atoms with van der Waals surface area (Å²) in [5, 5.41) is 23.2. The molecule has 0 saturated heterocycles. The summed E-state index contributed by atoms with van der Waals surface area (Å²) < 4.78 is 0. The largest absolute Gasteiger partial charge is 0.388 e. The van der Waals surface area contributed by atoms with Crippen molar-refractivity contribution in [3.63, 3.8) is 0 Å². The van der Waals surface area contributed by atoms with Crippen molar-refractivity contribution < 1.29 is 10.0 Å². The van der Waals surface area contributed by atoms with Gasteiger partial charge in [-0.15, -0.1) is 0 Å². The summed E-state index contributed by atoms with van der Waals surface area (Å²) in [7, 11) is 0. The Balaban J connectivity index is 2.78. The summed E-state index contributed by atoms with van der Waals surface area (Å²) in [5.41, 5.74) is -0.986. The van der Waals surface area contributed by atoms with Gasteiger partial charge < -0.3 is 10.4 Å². The molecule has 0 amide bonds. The smallest absolute Gasteiger partial charge is 0.311 e. The molecule has 6 nitrogen and oxygen atoms in total. The van der Waals surface area contributed by atoms with Crippen LogP contribution in [0.5, 0.6) is 0 Å². The SMILES string of the molecule is CCC(C)(O)CNc1ncccc1[N+](=O)[O-]. The van der Waals surface area contributed by atoms with E-state index in [4.69, 9.17) is 0 Å². The highest BCUT2D eigenvalue weighted by molar-refractivity contribution is 5.55. The van der Waals surface area contributed by atoms with Gasteiger partial charge in [0.05, 0.1) is 10.5 Å². The molecule has 6 heteroatoms. The van der Waals surface area contributed by atoms with E-state index in [2.05, 4.69) is 10.3 Å². The molecule has 0 aromatic carbocycles. The number of pyridine rings is 1. The van der Waals surface area contributed by atoms with Crippen molar-refractivity contribution >= 4 is 11.5 Å². The number of aliphatic hydroxyl groups is 1. The Morgan fingerprint density at radius 1 is 1.69 bits per heavy atom. The second-order valence-electron chi connectivity index (χ2n) is 3.83. The van der Waals surface area contributed by atoms with E-state index in [-0.39, 0.29) is 18.1 Å². The van der Waals surface area contributed by atoms with E-state index in [1.165, 1.54) is 18.3 Å². The molecule has 0 fully saturated rings. The minimum absolute atomic E-state index is 0.0885. The Morgan fingerprint density at radius 3 is 2.94 bits per heavy atom. The number of aromatic nitrogens is 1. The van der Waals surface area contributed by atoms with Gasteiger partial charge in [0.2, 0.25) is 5.82 Å². The minimum atomic E-state index is -0.897. The molecule has 16 heavy (non-hydrogen) atoms. The zero-order valence-electron chi connectivity index (χ0n) is 9.30. The molecule has 0 aliphatic heterocycles. The van der Waals surface area contributed by atoms with Gasteiger partial charge in [0.25, 0.3) is 0 Å². The van der Waals surface area contributed by atoms with E-state index in [9.17, 15) is 15.2 Å². The Kier molecular flexibility index (Phi) is 3.78. The average molecular weight is 225 g/mol. The Morgan fingerprint density at radius 2 is 2.38 bits per heavy atom. The number of nitrogens with one attached hydrogen (secondary N) is 1. The van der Waals surface area contributed by atoms with Crippen LogP contribution in [-0.2, 0) is 0 Å². The normalized spacial score (nSPS) is 14.2. The molecule has 1 unspecified atom stereocenters. The first-order valence-electron chi connectivity index (χ1n) is 5.02. The zero-order chi connectivity index (χ0) is 12.2. The number of nitrogens with zero attached hydrogens (tertiary/aromatic N) is 2. The zero-order valence-corrected chi connectivity index (χ0v) is 9.30. The van der Waals surface area contributed by atoms with Crippen LogP contribution < -0.4 is 5.32 Å². The Labute approximate surface area is 93.5 Å². The van der Waals surface area contributed by atoms with Gasteiger partial charge in [0.1, 0.15) is 0 Å². The van der Waals surface area contributed by atoms with Crippen molar-refractivity contribution in [1.29, 1.82) is 0 Å². The quantitative estimate of drug-likeness (QED) is 0.586. The van der Waals surface area contributed by atoms with Crippen LogP contribution in [-0.4, -0.2) is 27.2 Å². The van der Waals surface area contributed by atoms with Crippen LogP contribution in [0.1, 0.15) is 20.3 Å². The van der Waals surface area contributed by atoms with Gasteiger partial charge >= 0.3 is 5.69 Å². The number of hydrogen-bond donors (Lipinski definition) is 2. The highest BCUT2D eigenvalue weighted by atomic mass is 16.6. The first-order valence-corrected chi connectivity index (χ1v) is 5.02. The van der Waals surface area contributed by atoms with Crippen LogP contribution in [0.3, 0.4) is 0 Å². The lowest BCUT2D eigenvalue weighted by atomic mass is 10.0. The summed E-state index contributed by atoms with van der Waals surface area (Å²) in [6, 6.07) is 2.87. The maximum atomic E-state index is 10.7. The Bertz CT molecular complexity index is 379. The van der Waals surface area contributed by atoms with E-state index in [0.29, 0.717) is 6.42 Å². The van der Waals surface area contributed by atoms with Crippen LogP contribution in [0.2, 0.25) is 0 Å². The second kappa shape index (κ2) is 4.89. The molecule has 2 N–H and O–H groups in total. The predicted molar refractivity (Wildman–Crippen MR) is 60.3 cm³/mol. The van der Waals surface area contributed by atoms with Crippen molar-refractivity contribution in [2.75, 3.05) is 11.9 Å². The summed E-state index contributed by atoms with van der Waals surface area (Å²) in [6.07, 6.45) is 2.02. The highest BCUT2D eigenvalue weighted by Gasteiger charge is 2.20. The third-order valence-corrected chi connectivity index (χ3v) is 2.38. The molecule has 0 radical (unpaired) electrons. The van der Waals surface area contributed by atoms with Gasteiger partial charge in [-0.2, -0.15) is 0 Å². The molecule has 0 aliphatic rings. The van der Waals surface area contributed by atoms with Crippen molar-refractivity contribution in [2.24, 2.45) is 0 Å². The van der Waals surface area contributed by atoms with Crippen molar-refractivity contribution in [3.8, 4) is 0 Å². The number of nitro groups is 1. The summed E-state index contributed by atoms with van der Waals surface area (Å²) in [6.45, 7) is 3.73. The molecule has 1 aromatic rings. The van der Waals surface area contributed by atoms with Gasteiger partial charge in [-0.25, -0.2) is 4.98 Å². The molecule has 1 atom stereocenters. The number of anilines is 1. The number of hydrogen-bond acceptors (Lipinski definition) is 5. The fraction of sp³-hybridized carbons (Fsp3) is 0.500. The molecule has 0 aliphatic carbocycles. The fourth-order valence-corrected chi connectivity index (χ4v) is 1.08. The van der Waals surface area contributed by atoms with E-state index in [1.54, 1.807) is 6.92 Å². The summed E-state index contributed by atoms with van der Waals surface area (Å²) in [5.74, 6) is 0.182. The summed E-state index contributed by atoms with van der Waals surface area (Å²) in [4.78, 5) is 14.0. The third-order valence-electron chi connectivity index (χ3n) is 2.38. The monoisotopic (exact) mass is 225 g/mol. The molecular formula is C10H15N3O3. The molecule has 0 spiro atoms. The van der Waals surface area contributed by atoms with Gasteiger partial charge in [0, 0.05) is 18.8 Å². The molecule has 0 bridgehead atoms. The molecule has 1 heterocycles. The van der Waals surface area contributed by atoms with Crippen LogP contribution in [0, 0.1) is 10.1 Å². The van der Waals surface area contributed by atoms with Gasteiger partial charge in [-0.3, -0.25) is 10.1 Å². The highest BCUT2D eigenvalue weighted by Crippen LogP contribution is 2.21. The molecule has 1 aromatic heterocycles. The van der Waals surface area contributed by atoms with Crippen molar-refractivity contribution in [2.45, 2.75) is 25.9 Å². The first-order chi connectivity index (χ1) is 7.46. The average Bonchev–Trinajstić information content (AvgIpc) is 2.27. The van der Waals surface area contributed by atoms with Crippen LogP contribution in [0.15, 0.2) is 18.3 Å². The lowest BCUT2D eigenvalue weighted by molar-refractivity contribution is -0.384. The molecular weight excluding hydrogens is 210 g/mol. The number of rotatable bonds is 5. The minimum Gasteiger partial charge on any atom is -0.388 e. The molecule has 88 valence electrons. The van der Waals surface area contributed by atoms with Gasteiger partial charge in [0.15, 0.2) is 0 Å². The fourth-order valence-electron chi connectivity index (χ4n) is 1.08. The molecule has 1 rings (SSSR count). The van der Waals surface area contributed by atoms with Crippen LogP contribution >= 0.6 is 0 Å². The van der Waals surface area contributed by atoms with E-state index >= 15 is 0 Å². The lowest BCUT2D eigenvalue weighted by Crippen LogP contribution is -2.32. The van der Waals surface area contributed by atoms with E-state index < -0.39 is 10.5 Å². The topological polar surface area (TPSA) is 88.3 Å². The third kappa shape index (κ3) is 3.16. The Hall–Kier alpha value is -1.69. The summed E-state index contributed by atoms with van der Waals surface area (Å²) >= 11 is 0. The predicted octanol–water partition coefficient (Wildman–Crippen LogP) is 1.56. The standard InChI is InChI=1S/C10H15N3O3/c1-3-10(2,14)7-12-9-8(13(15)16)5-4-6-11-9/h4-6,14H,3,7H2,1-2H3,(H,11,12). The second-order valence-corrected chi connectivity index (χ2v) is 3.83. The van der Waals surface area contributed by atoms with E-state index in [1.807, 2.05) is 6.92 Å². The maximum absolute atomic E-state index is 10.7. The first kappa shape index (κ1) is 12.4. The van der Waals surface area contributed by atoms with Crippen LogP contribution in [0.25, 0.3) is 0 Å². The maximum Gasteiger partial charge on any atom is 0.311 e. The lowest BCUT2D eigenvalue weighted by Gasteiger charge is -2.21.